The first-order valence-corrected chi connectivity index (χ1v) is 8.14. The second-order valence-corrected chi connectivity index (χ2v) is 5.88. The summed E-state index contributed by atoms with van der Waals surface area (Å²) in [5.41, 5.74) is -0.584. The van der Waals surface area contributed by atoms with Crippen molar-refractivity contribution in [2.45, 2.75) is 19.2 Å². The van der Waals surface area contributed by atoms with Crippen molar-refractivity contribution in [2.24, 2.45) is 5.16 Å². The lowest BCUT2D eigenvalue weighted by Crippen LogP contribution is -2.25. The molecule has 0 saturated heterocycles. The van der Waals surface area contributed by atoms with Gasteiger partial charge in [-0.3, -0.25) is 0 Å². The molecule has 2 aromatic rings. The first-order valence-electron chi connectivity index (χ1n) is 7.76. The van der Waals surface area contributed by atoms with E-state index < -0.39 is 23.8 Å². The fourth-order valence-corrected chi connectivity index (χ4v) is 2.36. The molecule has 0 radical (unpaired) electrons. The molecule has 1 unspecified atom stereocenters. The quantitative estimate of drug-likeness (QED) is 0.313. The van der Waals surface area contributed by atoms with Crippen molar-refractivity contribution in [3.63, 3.8) is 0 Å². The van der Waals surface area contributed by atoms with E-state index in [-0.39, 0.29) is 22.3 Å². The van der Waals surface area contributed by atoms with Crippen LogP contribution < -0.4 is 9.47 Å². The van der Waals surface area contributed by atoms with Gasteiger partial charge in [-0.1, -0.05) is 16.8 Å². The molecule has 0 aliphatic rings. The molecule has 0 amide bonds. The van der Waals surface area contributed by atoms with Crippen LogP contribution >= 0.6 is 11.6 Å². The van der Waals surface area contributed by atoms with E-state index in [1.165, 1.54) is 32.2 Å². The average molecular weight is 418 g/mol. The molecule has 2 rings (SSSR count). The van der Waals surface area contributed by atoms with E-state index in [4.69, 9.17) is 26.3 Å². The summed E-state index contributed by atoms with van der Waals surface area (Å²) in [5, 5.41) is 11.4. The number of carbonyl (C=O) groups is 1. The number of benzene rings is 2. The summed E-state index contributed by atoms with van der Waals surface area (Å²) >= 11 is 5.88. The van der Waals surface area contributed by atoms with Crippen LogP contribution in [0.5, 0.6) is 17.2 Å². The van der Waals surface area contributed by atoms with Crippen LogP contribution in [0.3, 0.4) is 0 Å². The van der Waals surface area contributed by atoms with Crippen LogP contribution in [0.4, 0.5) is 13.2 Å². The van der Waals surface area contributed by atoms with Gasteiger partial charge >= 0.3 is 12.1 Å². The fourth-order valence-electron chi connectivity index (χ4n) is 2.14. The molecular formula is C18H15ClF3NO5. The normalized spacial score (nSPS) is 12.6. The topological polar surface area (TPSA) is 77.4 Å². The van der Waals surface area contributed by atoms with Gasteiger partial charge in [0.15, 0.2) is 6.10 Å². The number of oxime groups is 1. The molecule has 0 saturated carbocycles. The van der Waals surface area contributed by atoms with E-state index in [9.17, 15) is 18.0 Å². The standard InChI is InChI=1S/C18H15ClF3NO5/c1-10(17(24)26-2)27-16-8-13(5-3-11(16)9-23-25)28-15-6-4-12(7-14(15)19)18(20,21)22/h3-10,25H,1-2H3. The number of carbonyl (C=O) groups excluding carboxylic acids is 1. The van der Waals surface area contributed by atoms with E-state index in [1.54, 1.807) is 0 Å². The van der Waals surface area contributed by atoms with E-state index in [1.807, 2.05) is 0 Å². The molecule has 0 aliphatic carbocycles. The second-order valence-electron chi connectivity index (χ2n) is 5.47. The number of rotatable bonds is 6. The highest BCUT2D eigenvalue weighted by atomic mass is 35.5. The van der Waals surface area contributed by atoms with Gasteiger partial charge in [-0.15, -0.1) is 0 Å². The minimum atomic E-state index is -4.53. The van der Waals surface area contributed by atoms with Crippen molar-refractivity contribution in [3.05, 3.63) is 52.5 Å². The van der Waals surface area contributed by atoms with Crippen LogP contribution in [0.1, 0.15) is 18.1 Å². The summed E-state index contributed by atoms with van der Waals surface area (Å²) in [6.45, 7) is 1.45. The largest absolute Gasteiger partial charge is 0.478 e. The minimum absolute atomic E-state index is 0.00907. The SMILES string of the molecule is COC(=O)C(C)Oc1cc(Oc2ccc(C(F)(F)F)cc2Cl)ccc1C=NO. The Morgan fingerprint density at radius 1 is 1.21 bits per heavy atom. The molecule has 0 fully saturated rings. The Labute approximate surface area is 163 Å². The third-order valence-electron chi connectivity index (χ3n) is 3.51. The smallest absolute Gasteiger partial charge is 0.416 e. The summed E-state index contributed by atoms with van der Waals surface area (Å²) in [7, 11) is 1.20. The van der Waals surface area contributed by atoms with Gasteiger partial charge in [0.05, 0.1) is 23.9 Å². The highest BCUT2D eigenvalue weighted by Crippen LogP contribution is 2.37. The van der Waals surface area contributed by atoms with Gasteiger partial charge in [-0.25, -0.2) is 4.79 Å². The maximum absolute atomic E-state index is 12.7. The highest BCUT2D eigenvalue weighted by molar-refractivity contribution is 6.32. The molecule has 2 aromatic carbocycles. The number of hydrogen-bond acceptors (Lipinski definition) is 6. The summed E-state index contributed by atoms with van der Waals surface area (Å²) in [6, 6.07) is 6.97. The molecule has 10 heteroatoms. The van der Waals surface area contributed by atoms with Crippen molar-refractivity contribution < 1.29 is 37.4 Å². The fraction of sp³-hybridized carbons (Fsp3) is 0.222. The van der Waals surface area contributed by atoms with Gasteiger partial charge in [0.1, 0.15) is 17.2 Å². The Balaban J connectivity index is 2.31. The number of methoxy groups -OCH3 is 1. The van der Waals surface area contributed by atoms with Crippen LogP contribution in [0, 0.1) is 0 Å². The highest BCUT2D eigenvalue weighted by Gasteiger charge is 2.31. The minimum Gasteiger partial charge on any atom is -0.478 e. The predicted molar refractivity (Wildman–Crippen MR) is 94.5 cm³/mol. The second kappa shape index (κ2) is 8.83. The lowest BCUT2D eigenvalue weighted by Gasteiger charge is -2.16. The van der Waals surface area contributed by atoms with Crippen molar-refractivity contribution in [2.75, 3.05) is 7.11 Å². The molecule has 28 heavy (non-hydrogen) atoms. The first kappa shape index (κ1) is 21.4. The number of halogens is 4. The summed E-state index contributed by atoms with van der Waals surface area (Å²) < 4.78 is 53.8. The molecule has 1 atom stereocenters. The van der Waals surface area contributed by atoms with E-state index in [0.29, 0.717) is 5.56 Å². The van der Waals surface area contributed by atoms with Gasteiger partial charge in [0, 0.05) is 11.6 Å². The van der Waals surface area contributed by atoms with E-state index >= 15 is 0 Å². The Bertz CT molecular complexity index is 886. The zero-order valence-electron chi connectivity index (χ0n) is 14.7. The average Bonchev–Trinajstić information content (AvgIpc) is 2.64. The van der Waals surface area contributed by atoms with E-state index in [0.717, 1.165) is 24.4 Å². The van der Waals surface area contributed by atoms with Crippen molar-refractivity contribution >= 4 is 23.8 Å². The molecule has 0 heterocycles. The number of esters is 1. The monoisotopic (exact) mass is 417 g/mol. The number of nitrogens with zero attached hydrogens (tertiary/aromatic N) is 1. The Morgan fingerprint density at radius 3 is 2.50 bits per heavy atom. The van der Waals surface area contributed by atoms with Gasteiger partial charge in [-0.2, -0.15) is 13.2 Å². The molecule has 0 bridgehead atoms. The predicted octanol–water partition coefficient (Wildman–Crippen LogP) is 4.90. The molecule has 0 aromatic heterocycles. The van der Waals surface area contributed by atoms with E-state index in [2.05, 4.69) is 9.89 Å². The van der Waals surface area contributed by atoms with Gasteiger partial charge < -0.3 is 19.4 Å². The van der Waals surface area contributed by atoms with Gasteiger partial charge in [0.25, 0.3) is 0 Å². The Morgan fingerprint density at radius 2 is 1.93 bits per heavy atom. The van der Waals surface area contributed by atoms with Gasteiger partial charge in [-0.05, 0) is 37.3 Å². The zero-order valence-corrected chi connectivity index (χ0v) is 15.4. The van der Waals surface area contributed by atoms with Crippen LogP contribution in [0.15, 0.2) is 41.6 Å². The zero-order chi connectivity index (χ0) is 20.9. The van der Waals surface area contributed by atoms with Crippen LogP contribution in [0.2, 0.25) is 5.02 Å². The van der Waals surface area contributed by atoms with Crippen molar-refractivity contribution in [1.29, 1.82) is 0 Å². The Kier molecular flexibility index (Phi) is 6.74. The number of alkyl halides is 3. The number of hydrogen-bond donors (Lipinski definition) is 1. The third kappa shape index (κ3) is 5.29. The molecule has 150 valence electrons. The maximum Gasteiger partial charge on any atom is 0.416 e. The lowest BCUT2D eigenvalue weighted by atomic mass is 10.2. The lowest BCUT2D eigenvalue weighted by molar-refractivity contribution is -0.148. The molecule has 1 N–H and O–H groups in total. The summed E-state index contributed by atoms with van der Waals surface area (Å²) in [5.74, 6) is -0.353. The Hall–Kier alpha value is -2.94. The van der Waals surface area contributed by atoms with Gasteiger partial charge in [0.2, 0.25) is 0 Å². The van der Waals surface area contributed by atoms with Crippen LogP contribution in [0.25, 0.3) is 0 Å². The third-order valence-corrected chi connectivity index (χ3v) is 3.80. The molecule has 0 spiro atoms. The van der Waals surface area contributed by atoms with Crippen molar-refractivity contribution in [3.8, 4) is 17.2 Å². The molecule has 0 aliphatic heterocycles. The summed E-state index contributed by atoms with van der Waals surface area (Å²) in [6.07, 6.45) is -4.42. The summed E-state index contributed by atoms with van der Waals surface area (Å²) in [4.78, 5) is 11.5. The van der Waals surface area contributed by atoms with Crippen molar-refractivity contribution in [1.82, 2.24) is 0 Å². The molecule has 6 nitrogen and oxygen atoms in total. The van der Waals surface area contributed by atoms with Crippen LogP contribution in [-0.4, -0.2) is 30.6 Å². The maximum atomic E-state index is 12.7. The van der Waals surface area contributed by atoms with Crippen LogP contribution in [-0.2, 0) is 15.7 Å². The molecular weight excluding hydrogens is 403 g/mol. The number of ether oxygens (including phenoxy) is 3. The first-order chi connectivity index (χ1) is 13.2.